The van der Waals surface area contributed by atoms with Gasteiger partial charge in [0.15, 0.2) is 0 Å². The van der Waals surface area contributed by atoms with Crippen LogP contribution in [0.4, 0.5) is 0 Å². The van der Waals surface area contributed by atoms with Gasteiger partial charge in [-0.3, -0.25) is 4.68 Å². The highest BCUT2D eigenvalue weighted by atomic mass is 32.2. The van der Waals surface area contributed by atoms with E-state index in [4.69, 9.17) is 0 Å². The van der Waals surface area contributed by atoms with Crippen LogP contribution in [0.1, 0.15) is 45.4 Å². The SMILES string of the molecule is CCCCCCNS(=O)(=O)c1cnn(CCNC2CC2)c1. The molecule has 1 aromatic heterocycles. The van der Waals surface area contributed by atoms with Crippen LogP contribution in [0.25, 0.3) is 0 Å². The quantitative estimate of drug-likeness (QED) is 0.607. The number of nitrogens with zero attached hydrogens (tertiary/aromatic N) is 2. The molecule has 1 aromatic rings. The van der Waals surface area contributed by atoms with Crippen molar-refractivity contribution in [1.29, 1.82) is 0 Å². The zero-order valence-electron chi connectivity index (χ0n) is 12.7. The number of nitrogens with one attached hydrogen (secondary N) is 2. The van der Waals surface area contributed by atoms with Gasteiger partial charge in [0.1, 0.15) is 4.90 Å². The van der Waals surface area contributed by atoms with E-state index in [0.29, 0.717) is 19.1 Å². The number of rotatable bonds is 11. The van der Waals surface area contributed by atoms with Crippen LogP contribution in [0.3, 0.4) is 0 Å². The molecule has 21 heavy (non-hydrogen) atoms. The Morgan fingerprint density at radius 1 is 1.29 bits per heavy atom. The Balaban J connectivity index is 1.74. The zero-order valence-corrected chi connectivity index (χ0v) is 13.5. The third-order valence-corrected chi connectivity index (χ3v) is 5.01. The van der Waals surface area contributed by atoms with Gasteiger partial charge < -0.3 is 5.32 Å². The molecule has 0 radical (unpaired) electrons. The maximum atomic E-state index is 12.1. The van der Waals surface area contributed by atoms with E-state index in [-0.39, 0.29) is 4.90 Å². The van der Waals surface area contributed by atoms with E-state index >= 15 is 0 Å². The van der Waals surface area contributed by atoms with Crippen LogP contribution in [-0.4, -0.2) is 37.3 Å². The van der Waals surface area contributed by atoms with E-state index < -0.39 is 10.0 Å². The molecule has 0 bridgehead atoms. The monoisotopic (exact) mass is 314 g/mol. The molecule has 1 saturated carbocycles. The molecule has 0 spiro atoms. The van der Waals surface area contributed by atoms with Crippen molar-refractivity contribution >= 4 is 10.0 Å². The Morgan fingerprint density at radius 2 is 2.10 bits per heavy atom. The first-order chi connectivity index (χ1) is 10.1. The average Bonchev–Trinajstić information content (AvgIpc) is 3.14. The van der Waals surface area contributed by atoms with Gasteiger partial charge in [-0.2, -0.15) is 5.10 Å². The highest BCUT2D eigenvalue weighted by Crippen LogP contribution is 2.18. The van der Waals surface area contributed by atoms with E-state index in [1.165, 1.54) is 19.0 Å². The second-order valence-electron chi connectivity index (χ2n) is 5.63. The average molecular weight is 314 g/mol. The second-order valence-corrected chi connectivity index (χ2v) is 7.39. The van der Waals surface area contributed by atoms with E-state index in [9.17, 15) is 8.42 Å². The Morgan fingerprint density at radius 3 is 2.81 bits per heavy atom. The first kappa shape index (κ1) is 16.5. The van der Waals surface area contributed by atoms with Gasteiger partial charge >= 0.3 is 0 Å². The molecule has 0 atom stereocenters. The highest BCUT2D eigenvalue weighted by molar-refractivity contribution is 7.89. The lowest BCUT2D eigenvalue weighted by Crippen LogP contribution is -2.24. The first-order valence-electron chi connectivity index (χ1n) is 7.87. The van der Waals surface area contributed by atoms with Crippen LogP contribution in [-0.2, 0) is 16.6 Å². The number of hydrogen-bond donors (Lipinski definition) is 2. The minimum atomic E-state index is -3.41. The van der Waals surface area contributed by atoms with Gasteiger partial charge in [-0.1, -0.05) is 26.2 Å². The molecule has 120 valence electrons. The highest BCUT2D eigenvalue weighted by Gasteiger charge is 2.20. The van der Waals surface area contributed by atoms with Gasteiger partial charge in [0.2, 0.25) is 10.0 Å². The summed E-state index contributed by atoms with van der Waals surface area (Å²) in [6.45, 7) is 4.16. The fourth-order valence-corrected chi connectivity index (χ4v) is 3.14. The molecule has 7 heteroatoms. The minimum Gasteiger partial charge on any atom is -0.312 e. The van der Waals surface area contributed by atoms with Crippen molar-refractivity contribution in [2.45, 2.75) is 62.9 Å². The topological polar surface area (TPSA) is 76.0 Å². The Hall–Kier alpha value is -0.920. The van der Waals surface area contributed by atoms with Crippen molar-refractivity contribution in [1.82, 2.24) is 19.8 Å². The summed E-state index contributed by atoms with van der Waals surface area (Å²) in [6, 6.07) is 0.661. The van der Waals surface area contributed by atoms with Crippen LogP contribution in [0.2, 0.25) is 0 Å². The lowest BCUT2D eigenvalue weighted by molar-refractivity contribution is 0.551. The van der Waals surface area contributed by atoms with Crippen molar-refractivity contribution < 1.29 is 8.42 Å². The molecule has 1 heterocycles. The van der Waals surface area contributed by atoms with E-state index in [2.05, 4.69) is 22.1 Å². The smallest absolute Gasteiger partial charge is 0.243 e. The van der Waals surface area contributed by atoms with Crippen LogP contribution >= 0.6 is 0 Å². The summed E-state index contributed by atoms with van der Waals surface area (Å²) in [5, 5.41) is 7.50. The summed E-state index contributed by atoms with van der Waals surface area (Å²) in [5.74, 6) is 0. The van der Waals surface area contributed by atoms with Gasteiger partial charge in [0.25, 0.3) is 0 Å². The zero-order chi connectivity index (χ0) is 15.1. The number of unbranched alkanes of at least 4 members (excludes halogenated alkanes) is 3. The molecule has 2 rings (SSSR count). The maximum Gasteiger partial charge on any atom is 0.243 e. The normalized spacial score (nSPS) is 15.5. The lowest BCUT2D eigenvalue weighted by atomic mass is 10.2. The molecule has 2 N–H and O–H groups in total. The maximum absolute atomic E-state index is 12.1. The van der Waals surface area contributed by atoms with E-state index in [1.807, 2.05) is 0 Å². The van der Waals surface area contributed by atoms with Gasteiger partial charge in [-0.15, -0.1) is 0 Å². The Bertz CT molecular complexity index is 523. The number of hydrogen-bond acceptors (Lipinski definition) is 4. The summed E-state index contributed by atoms with van der Waals surface area (Å²) in [5.41, 5.74) is 0. The summed E-state index contributed by atoms with van der Waals surface area (Å²) >= 11 is 0. The van der Waals surface area contributed by atoms with Gasteiger partial charge in [0, 0.05) is 25.3 Å². The molecule has 6 nitrogen and oxygen atoms in total. The van der Waals surface area contributed by atoms with Gasteiger partial charge in [-0.25, -0.2) is 13.1 Å². The summed E-state index contributed by atoms with van der Waals surface area (Å²) in [4.78, 5) is 0.254. The molecule has 0 aromatic carbocycles. The van der Waals surface area contributed by atoms with Gasteiger partial charge in [-0.05, 0) is 19.3 Å². The molecule has 1 aliphatic carbocycles. The Kier molecular flexibility index (Phi) is 6.20. The van der Waals surface area contributed by atoms with Crippen molar-refractivity contribution in [3.63, 3.8) is 0 Å². The molecule has 0 amide bonds. The first-order valence-corrected chi connectivity index (χ1v) is 9.35. The van der Waals surface area contributed by atoms with Gasteiger partial charge in [0.05, 0.1) is 12.7 Å². The van der Waals surface area contributed by atoms with Crippen molar-refractivity contribution in [3.8, 4) is 0 Å². The fourth-order valence-electron chi connectivity index (χ4n) is 2.12. The molecule has 1 aliphatic rings. The standard InChI is InChI=1S/C14H26N4O2S/c1-2-3-4-5-8-17-21(19,20)14-11-16-18(12-14)10-9-15-13-6-7-13/h11-13,15,17H,2-10H2,1H3. The minimum absolute atomic E-state index is 0.254. The molecular formula is C14H26N4O2S. The van der Waals surface area contributed by atoms with Crippen LogP contribution in [0, 0.1) is 0 Å². The molecule has 0 aliphatic heterocycles. The number of aromatic nitrogens is 2. The summed E-state index contributed by atoms with van der Waals surface area (Å²) in [7, 11) is -3.41. The summed E-state index contributed by atoms with van der Waals surface area (Å²) < 4.78 is 28.5. The molecule has 0 saturated heterocycles. The van der Waals surface area contributed by atoms with E-state index in [0.717, 1.165) is 32.2 Å². The largest absolute Gasteiger partial charge is 0.312 e. The summed E-state index contributed by atoms with van der Waals surface area (Å²) in [6.07, 6.45) is 9.76. The Labute approximate surface area is 127 Å². The van der Waals surface area contributed by atoms with E-state index in [1.54, 1.807) is 10.9 Å². The van der Waals surface area contributed by atoms with Crippen molar-refractivity contribution in [2.24, 2.45) is 0 Å². The number of sulfonamides is 1. The molecule has 1 fully saturated rings. The predicted octanol–water partition coefficient (Wildman–Crippen LogP) is 1.49. The van der Waals surface area contributed by atoms with Crippen LogP contribution < -0.4 is 10.0 Å². The van der Waals surface area contributed by atoms with Crippen LogP contribution in [0.15, 0.2) is 17.3 Å². The third-order valence-electron chi connectivity index (χ3n) is 3.59. The second kappa shape index (κ2) is 7.91. The molecule has 0 unspecified atom stereocenters. The van der Waals surface area contributed by atoms with Crippen LogP contribution in [0.5, 0.6) is 0 Å². The predicted molar refractivity (Wildman–Crippen MR) is 82.6 cm³/mol. The third kappa shape index (κ3) is 5.76. The molecular weight excluding hydrogens is 288 g/mol. The lowest BCUT2D eigenvalue weighted by Gasteiger charge is -2.04. The fraction of sp³-hybridized carbons (Fsp3) is 0.786. The van der Waals surface area contributed by atoms with Crippen molar-refractivity contribution in [2.75, 3.05) is 13.1 Å². The van der Waals surface area contributed by atoms with Crippen molar-refractivity contribution in [3.05, 3.63) is 12.4 Å².